The molecule has 1 fully saturated rings. The number of hydrogen-bond acceptors (Lipinski definition) is 0. The van der Waals surface area contributed by atoms with E-state index in [0.717, 1.165) is 29.4 Å². The van der Waals surface area contributed by atoms with Gasteiger partial charge in [0.05, 0.1) is 0 Å². The summed E-state index contributed by atoms with van der Waals surface area (Å²) in [5, 5.41) is 2.58. The largest absolute Gasteiger partial charge is 0.0651 e. The fourth-order valence-corrected chi connectivity index (χ4v) is 4.39. The molecule has 4 rings (SSSR count). The molecule has 0 unspecified atom stereocenters. The molecule has 142 valence electrons. The van der Waals surface area contributed by atoms with Gasteiger partial charge in [0.25, 0.3) is 0 Å². The van der Waals surface area contributed by atoms with Crippen molar-refractivity contribution in [2.75, 3.05) is 0 Å². The van der Waals surface area contributed by atoms with Gasteiger partial charge in [-0.3, -0.25) is 0 Å². The van der Waals surface area contributed by atoms with Gasteiger partial charge < -0.3 is 0 Å². The van der Waals surface area contributed by atoms with E-state index in [1.165, 1.54) is 54.0 Å². The van der Waals surface area contributed by atoms with E-state index in [1.807, 2.05) is 0 Å². The Morgan fingerprint density at radius 1 is 0.750 bits per heavy atom. The van der Waals surface area contributed by atoms with Crippen LogP contribution < -0.4 is 0 Å². The van der Waals surface area contributed by atoms with Gasteiger partial charge >= 0.3 is 0 Å². The predicted octanol–water partition coefficient (Wildman–Crippen LogP) is 7.49. The quantitative estimate of drug-likeness (QED) is 0.421. The molecular formula is C28H30. The molecule has 0 saturated heterocycles. The van der Waals surface area contributed by atoms with Crippen LogP contribution in [0.25, 0.3) is 10.8 Å². The van der Waals surface area contributed by atoms with Crippen molar-refractivity contribution in [2.45, 2.75) is 58.3 Å². The summed E-state index contributed by atoms with van der Waals surface area (Å²) in [7, 11) is 0. The van der Waals surface area contributed by atoms with Gasteiger partial charge in [0.15, 0.2) is 0 Å². The Bertz CT molecular complexity index is 990. The Morgan fingerprint density at radius 2 is 1.39 bits per heavy atom. The maximum Gasteiger partial charge on any atom is 0.0255 e. The van der Waals surface area contributed by atoms with Crippen molar-refractivity contribution in [1.82, 2.24) is 0 Å². The van der Waals surface area contributed by atoms with Crippen molar-refractivity contribution in [3.8, 4) is 11.8 Å². The molecule has 0 heterocycles. The summed E-state index contributed by atoms with van der Waals surface area (Å²) in [5.74, 6) is 8.34. The highest BCUT2D eigenvalue weighted by Crippen LogP contribution is 2.35. The first-order chi connectivity index (χ1) is 13.7. The zero-order valence-electron chi connectivity index (χ0n) is 17.2. The van der Waals surface area contributed by atoms with Gasteiger partial charge in [-0.25, -0.2) is 0 Å². The Kier molecular flexibility index (Phi) is 5.82. The van der Waals surface area contributed by atoms with Crippen LogP contribution in [0.3, 0.4) is 0 Å². The van der Waals surface area contributed by atoms with Crippen molar-refractivity contribution >= 4 is 10.8 Å². The third kappa shape index (κ3) is 4.48. The minimum atomic E-state index is 0.747. The first kappa shape index (κ1) is 18.8. The van der Waals surface area contributed by atoms with E-state index in [-0.39, 0.29) is 0 Å². The first-order valence-electron chi connectivity index (χ1n) is 10.9. The van der Waals surface area contributed by atoms with Gasteiger partial charge in [-0.2, -0.15) is 0 Å². The summed E-state index contributed by atoms with van der Waals surface area (Å²) in [6.45, 7) is 4.61. The van der Waals surface area contributed by atoms with Crippen LogP contribution in [0.1, 0.15) is 74.1 Å². The zero-order valence-corrected chi connectivity index (χ0v) is 17.2. The summed E-state index contributed by atoms with van der Waals surface area (Å²) < 4.78 is 0. The molecule has 0 amide bonds. The summed E-state index contributed by atoms with van der Waals surface area (Å²) in [4.78, 5) is 0. The second-order valence-corrected chi connectivity index (χ2v) is 8.48. The predicted molar refractivity (Wildman–Crippen MR) is 121 cm³/mol. The van der Waals surface area contributed by atoms with Gasteiger partial charge in [-0.1, -0.05) is 81.3 Å². The van der Waals surface area contributed by atoms with E-state index in [4.69, 9.17) is 0 Å². The lowest BCUT2D eigenvalue weighted by Gasteiger charge is -2.26. The second kappa shape index (κ2) is 8.66. The monoisotopic (exact) mass is 366 g/mol. The molecular weight excluding hydrogens is 336 g/mol. The van der Waals surface area contributed by atoms with Gasteiger partial charge in [0, 0.05) is 11.1 Å². The van der Waals surface area contributed by atoms with Gasteiger partial charge in [-0.05, 0) is 77.3 Å². The van der Waals surface area contributed by atoms with Crippen molar-refractivity contribution in [3.63, 3.8) is 0 Å². The molecule has 0 spiro atoms. The maximum absolute atomic E-state index is 3.35. The van der Waals surface area contributed by atoms with Crippen LogP contribution in [0.15, 0.2) is 60.7 Å². The molecule has 28 heavy (non-hydrogen) atoms. The normalized spacial score (nSPS) is 19.2. The minimum Gasteiger partial charge on any atom is -0.0651 e. The first-order valence-corrected chi connectivity index (χ1v) is 10.9. The van der Waals surface area contributed by atoms with E-state index in [1.54, 1.807) is 0 Å². The number of benzene rings is 3. The Hall–Kier alpha value is -2.52. The molecule has 0 nitrogen and oxygen atoms in total. The molecule has 1 aliphatic rings. The molecule has 0 bridgehead atoms. The van der Waals surface area contributed by atoms with Gasteiger partial charge in [0.1, 0.15) is 0 Å². The lowest BCUT2D eigenvalue weighted by Crippen LogP contribution is -2.10. The molecule has 0 aliphatic heterocycles. The van der Waals surface area contributed by atoms with Crippen molar-refractivity contribution in [1.29, 1.82) is 0 Å². The van der Waals surface area contributed by atoms with E-state index < -0.39 is 0 Å². The molecule has 0 heteroatoms. The van der Waals surface area contributed by atoms with Crippen molar-refractivity contribution < 1.29 is 0 Å². The average molecular weight is 367 g/mol. The van der Waals surface area contributed by atoms with Gasteiger partial charge in [-0.15, -0.1) is 0 Å². The number of fused-ring (bicyclic) bond motifs is 1. The van der Waals surface area contributed by atoms with Crippen LogP contribution in [0.4, 0.5) is 0 Å². The third-order valence-corrected chi connectivity index (χ3v) is 6.19. The number of hydrogen-bond donors (Lipinski definition) is 0. The minimum absolute atomic E-state index is 0.747. The van der Waals surface area contributed by atoms with Crippen LogP contribution in [-0.2, 0) is 6.42 Å². The summed E-state index contributed by atoms with van der Waals surface area (Å²) in [6, 6.07) is 22.3. The Morgan fingerprint density at radius 3 is 2.14 bits per heavy atom. The number of aryl methyl sites for hydroxylation is 1. The Labute approximate surface area is 170 Å². The highest BCUT2D eigenvalue weighted by molar-refractivity contribution is 5.84. The third-order valence-electron chi connectivity index (χ3n) is 6.19. The average Bonchev–Trinajstić information content (AvgIpc) is 2.73. The summed E-state index contributed by atoms with van der Waals surface area (Å²) >= 11 is 0. The zero-order chi connectivity index (χ0) is 19.3. The van der Waals surface area contributed by atoms with Gasteiger partial charge in [0.2, 0.25) is 0 Å². The van der Waals surface area contributed by atoms with Crippen LogP contribution >= 0.6 is 0 Å². The summed E-state index contributed by atoms with van der Waals surface area (Å²) in [5.41, 5.74) is 5.10. The molecule has 0 N–H and O–H groups in total. The highest BCUT2D eigenvalue weighted by Gasteiger charge is 2.19. The smallest absolute Gasteiger partial charge is 0.0255 e. The lowest BCUT2D eigenvalue weighted by molar-refractivity contribution is 0.348. The molecule has 0 aromatic heterocycles. The van der Waals surface area contributed by atoms with Crippen LogP contribution in [0.5, 0.6) is 0 Å². The molecule has 1 saturated carbocycles. The molecule has 0 atom stereocenters. The Balaban J connectivity index is 1.48. The van der Waals surface area contributed by atoms with Crippen LogP contribution in [-0.4, -0.2) is 0 Å². The fraction of sp³-hybridized carbons (Fsp3) is 0.357. The van der Waals surface area contributed by atoms with Crippen LogP contribution in [0.2, 0.25) is 0 Å². The topological polar surface area (TPSA) is 0 Å². The maximum atomic E-state index is 3.35. The standard InChI is InChI=1S/C28H30/c1-3-4-23-11-17-28-20-24(12-18-27(28)19-23)8-7-22-9-15-26(16-10-22)25-13-5-21(2)6-14-25/h9-12,15-21,25H,3-6,13-14H2,1-2H3/t21-,25-. The van der Waals surface area contributed by atoms with Crippen molar-refractivity contribution in [2.24, 2.45) is 5.92 Å². The van der Waals surface area contributed by atoms with Crippen molar-refractivity contribution in [3.05, 3.63) is 82.9 Å². The van der Waals surface area contributed by atoms with E-state index in [9.17, 15) is 0 Å². The fourth-order valence-electron chi connectivity index (χ4n) is 4.39. The summed E-state index contributed by atoms with van der Waals surface area (Å²) in [6.07, 6.45) is 7.75. The van der Waals surface area contributed by atoms with E-state index >= 15 is 0 Å². The SMILES string of the molecule is CCCc1ccc2cc(C#Cc3ccc([C@H]4CC[C@H](C)CC4)cc3)ccc2c1. The second-order valence-electron chi connectivity index (χ2n) is 8.48. The molecule has 0 radical (unpaired) electrons. The van der Waals surface area contributed by atoms with E-state index in [0.29, 0.717) is 0 Å². The molecule has 3 aromatic carbocycles. The molecule has 1 aliphatic carbocycles. The highest BCUT2D eigenvalue weighted by atomic mass is 14.2. The number of rotatable bonds is 3. The molecule has 3 aromatic rings. The lowest BCUT2D eigenvalue weighted by atomic mass is 9.79. The van der Waals surface area contributed by atoms with Crippen LogP contribution in [0, 0.1) is 17.8 Å². The van der Waals surface area contributed by atoms with E-state index in [2.05, 4.69) is 86.4 Å².